The second-order valence-corrected chi connectivity index (χ2v) is 3.08. The predicted molar refractivity (Wildman–Crippen MR) is 56.5 cm³/mol. The van der Waals surface area contributed by atoms with Gasteiger partial charge in [0, 0.05) is 18.8 Å². The van der Waals surface area contributed by atoms with Gasteiger partial charge in [0.15, 0.2) is 0 Å². The first kappa shape index (κ1) is 11.9. The smallest absolute Gasteiger partial charge is 0.145 e. The first-order chi connectivity index (χ1) is 6.15. The highest BCUT2D eigenvalue weighted by atomic mass is 16.1. The van der Waals surface area contributed by atoms with Crippen molar-refractivity contribution in [2.45, 2.75) is 27.2 Å². The molecule has 0 aliphatic rings. The molecule has 0 aromatic carbocycles. The van der Waals surface area contributed by atoms with Crippen LogP contribution in [0, 0.1) is 0 Å². The molecule has 0 saturated heterocycles. The molecule has 0 atom stereocenters. The Morgan fingerprint density at radius 1 is 1.46 bits per heavy atom. The van der Waals surface area contributed by atoms with Gasteiger partial charge in [-0.05, 0) is 31.9 Å². The molecular formula is C11H19NO. The zero-order valence-corrected chi connectivity index (χ0v) is 8.84. The molecular weight excluding hydrogens is 162 g/mol. The molecule has 0 bridgehead atoms. The van der Waals surface area contributed by atoms with Crippen molar-refractivity contribution in [2.75, 3.05) is 13.1 Å². The molecule has 0 aromatic heterocycles. The number of carbonyl (C=O) groups excluding carboxylic acids is 1. The minimum Gasteiger partial charge on any atom is -0.372 e. The molecule has 0 fully saturated rings. The van der Waals surface area contributed by atoms with Gasteiger partial charge in [0.2, 0.25) is 0 Å². The van der Waals surface area contributed by atoms with Gasteiger partial charge < -0.3 is 4.90 Å². The average Bonchev–Trinajstić information content (AvgIpc) is 2.13. The van der Waals surface area contributed by atoms with E-state index in [-0.39, 0.29) is 0 Å². The molecule has 74 valence electrons. The molecule has 0 aliphatic carbocycles. The van der Waals surface area contributed by atoms with Gasteiger partial charge in [-0.1, -0.05) is 13.5 Å². The number of rotatable bonds is 6. The summed E-state index contributed by atoms with van der Waals surface area (Å²) in [5.74, 6) is 0. The first-order valence-corrected chi connectivity index (χ1v) is 4.73. The summed E-state index contributed by atoms with van der Waals surface area (Å²) in [6.45, 7) is 11.9. The Labute approximate surface area is 80.9 Å². The standard InChI is InChI=1S/C11H19NO/c1-5-7-12(6-2)11(4)8-10(3)9-13/h8-9H,4-7H2,1-3H3. The topological polar surface area (TPSA) is 20.3 Å². The molecule has 13 heavy (non-hydrogen) atoms. The van der Waals surface area contributed by atoms with Crippen LogP contribution >= 0.6 is 0 Å². The van der Waals surface area contributed by atoms with Gasteiger partial charge >= 0.3 is 0 Å². The summed E-state index contributed by atoms with van der Waals surface area (Å²) in [7, 11) is 0. The zero-order valence-electron chi connectivity index (χ0n) is 8.84. The van der Waals surface area contributed by atoms with Gasteiger partial charge in [0.1, 0.15) is 6.29 Å². The van der Waals surface area contributed by atoms with Crippen LogP contribution in [0.25, 0.3) is 0 Å². The SMILES string of the molecule is C=C(C=C(C)C=O)N(CC)CCC. The lowest BCUT2D eigenvalue weighted by Crippen LogP contribution is -2.22. The first-order valence-electron chi connectivity index (χ1n) is 4.73. The van der Waals surface area contributed by atoms with Gasteiger partial charge in [0.25, 0.3) is 0 Å². The van der Waals surface area contributed by atoms with Crippen molar-refractivity contribution in [3.8, 4) is 0 Å². The lowest BCUT2D eigenvalue weighted by atomic mass is 10.2. The predicted octanol–water partition coefficient (Wildman–Crippen LogP) is 2.38. The van der Waals surface area contributed by atoms with Crippen LogP contribution in [0.1, 0.15) is 27.2 Å². The van der Waals surface area contributed by atoms with E-state index in [2.05, 4.69) is 25.3 Å². The number of likely N-dealkylation sites (N-methyl/N-ethyl adjacent to an activating group) is 1. The van der Waals surface area contributed by atoms with Crippen LogP contribution in [0.15, 0.2) is 23.9 Å². The molecule has 0 radical (unpaired) electrons. The molecule has 0 saturated carbocycles. The summed E-state index contributed by atoms with van der Waals surface area (Å²) >= 11 is 0. The van der Waals surface area contributed by atoms with Crippen molar-refractivity contribution >= 4 is 6.29 Å². The summed E-state index contributed by atoms with van der Waals surface area (Å²) in [4.78, 5) is 12.5. The molecule has 0 aromatic rings. The van der Waals surface area contributed by atoms with Gasteiger partial charge in [-0.25, -0.2) is 0 Å². The van der Waals surface area contributed by atoms with Gasteiger partial charge in [0.05, 0.1) is 0 Å². The van der Waals surface area contributed by atoms with E-state index in [9.17, 15) is 4.79 Å². The number of hydrogen-bond acceptors (Lipinski definition) is 2. The number of allylic oxidation sites excluding steroid dienone is 2. The Bertz CT molecular complexity index is 206. The second kappa shape index (κ2) is 6.46. The molecule has 0 N–H and O–H groups in total. The van der Waals surface area contributed by atoms with Crippen LogP contribution in [0.4, 0.5) is 0 Å². The van der Waals surface area contributed by atoms with Crippen LogP contribution in [0.2, 0.25) is 0 Å². The normalized spacial score (nSPS) is 11.2. The molecule has 0 spiro atoms. The van der Waals surface area contributed by atoms with Crippen molar-refractivity contribution in [3.05, 3.63) is 23.9 Å². The second-order valence-electron chi connectivity index (χ2n) is 3.08. The van der Waals surface area contributed by atoms with E-state index in [0.717, 1.165) is 37.1 Å². The number of carbonyl (C=O) groups is 1. The number of nitrogens with zero attached hydrogens (tertiary/aromatic N) is 1. The summed E-state index contributed by atoms with van der Waals surface area (Å²) in [5.41, 5.74) is 1.65. The minimum absolute atomic E-state index is 0.722. The minimum atomic E-state index is 0.722. The molecule has 0 heterocycles. The van der Waals surface area contributed by atoms with Crippen LogP contribution in [-0.2, 0) is 4.79 Å². The molecule has 0 amide bonds. The number of aldehydes is 1. The monoisotopic (exact) mass is 181 g/mol. The molecule has 2 heteroatoms. The quantitative estimate of drug-likeness (QED) is 0.356. The van der Waals surface area contributed by atoms with E-state index in [0.29, 0.717) is 0 Å². The maximum absolute atomic E-state index is 10.4. The fourth-order valence-corrected chi connectivity index (χ4v) is 1.16. The van der Waals surface area contributed by atoms with Crippen molar-refractivity contribution in [1.82, 2.24) is 4.90 Å². The van der Waals surface area contributed by atoms with Crippen molar-refractivity contribution in [3.63, 3.8) is 0 Å². The van der Waals surface area contributed by atoms with Crippen LogP contribution in [0.5, 0.6) is 0 Å². The van der Waals surface area contributed by atoms with Crippen LogP contribution in [-0.4, -0.2) is 24.3 Å². The summed E-state index contributed by atoms with van der Waals surface area (Å²) in [5, 5.41) is 0. The van der Waals surface area contributed by atoms with Gasteiger partial charge in [-0.2, -0.15) is 0 Å². The summed E-state index contributed by atoms with van der Waals surface area (Å²) < 4.78 is 0. The fourth-order valence-electron chi connectivity index (χ4n) is 1.16. The molecule has 2 nitrogen and oxygen atoms in total. The Balaban J connectivity index is 4.28. The van der Waals surface area contributed by atoms with E-state index < -0.39 is 0 Å². The van der Waals surface area contributed by atoms with Crippen LogP contribution < -0.4 is 0 Å². The van der Waals surface area contributed by atoms with E-state index >= 15 is 0 Å². The lowest BCUT2D eigenvalue weighted by molar-refractivity contribution is -0.104. The van der Waals surface area contributed by atoms with E-state index in [1.54, 1.807) is 6.92 Å². The van der Waals surface area contributed by atoms with E-state index in [1.807, 2.05) is 6.08 Å². The molecule has 0 rings (SSSR count). The zero-order chi connectivity index (χ0) is 10.3. The van der Waals surface area contributed by atoms with Crippen molar-refractivity contribution < 1.29 is 4.79 Å². The lowest BCUT2D eigenvalue weighted by Gasteiger charge is -2.22. The Morgan fingerprint density at radius 2 is 2.08 bits per heavy atom. The molecule has 0 aliphatic heterocycles. The maximum atomic E-state index is 10.4. The Hall–Kier alpha value is -1.05. The summed E-state index contributed by atoms with van der Waals surface area (Å²) in [6.07, 6.45) is 3.78. The third kappa shape index (κ3) is 4.51. The highest BCUT2D eigenvalue weighted by Crippen LogP contribution is 2.06. The molecule has 0 unspecified atom stereocenters. The van der Waals surface area contributed by atoms with Crippen LogP contribution in [0.3, 0.4) is 0 Å². The van der Waals surface area contributed by atoms with Crippen molar-refractivity contribution in [1.29, 1.82) is 0 Å². The van der Waals surface area contributed by atoms with Gasteiger partial charge in [-0.3, -0.25) is 4.79 Å². The average molecular weight is 181 g/mol. The van der Waals surface area contributed by atoms with Gasteiger partial charge in [-0.15, -0.1) is 0 Å². The number of hydrogen-bond donors (Lipinski definition) is 0. The Kier molecular flexibility index (Phi) is 5.94. The highest BCUT2D eigenvalue weighted by Gasteiger charge is 2.00. The maximum Gasteiger partial charge on any atom is 0.145 e. The largest absolute Gasteiger partial charge is 0.372 e. The van der Waals surface area contributed by atoms with E-state index in [1.165, 1.54) is 0 Å². The third-order valence-corrected chi connectivity index (χ3v) is 1.86. The fraction of sp³-hybridized carbons (Fsp3) is 0.545. The summed E-state index contributed by atoms with van der Waals surface area (Å²) in [6, 6.07) is 0. The van der Waals surface area contributed by atoms with E-state index in [4.69, 9.17) is 0 Å². The highest BCUT2D eigenvalue weighted by molar-refractivity contribution is 5.73. The third-order valence-electron chi connectivity index (χ3n) is 1.86. The van der Waals surface area contributed by atoms with Crippen molar-refractivity contribution in [2.24, 2.45) is 0 Å². The Morgan fingerprint density at radius 3 is 2.46 bits per heavy atom.